The molecular weight excluding hydrogens is 429 g/mol. The van der Waals surface area contributed by atoms with Gasteiger partial charge in [0, 0.05) is 6.07 Å². The Labute approximate surface area is 188 Å². The van der Waals surface area contributed by atoms with Crippen LogP contribution in [0.1, 0.15) is 12.5 Å². The minimum absolute atomic E-state index is 0.0719. The first-order chi connectivity index (χ1) is 15.9. The smallest absolute Gasteiger partial charge is 0.312 e. The van der Waals surface area contributed by atoms with Crippen LogP contribution in [0.25, 0.3) is 6.08 Å². The standard InChI is InChI=1S/C24H18FN3O5/c1-2-32-22-6-4-3-5-20(22)27-24(29)17(15-26)13-16-7-12-23(21(14-16)28(30)31)33-19-10-8-18(25)9-11-19/h3-14H,2H2,1H3,(H,27,29). The summed E-state index contributed by atoms with van der Waals surface area (Å²) in [4.78, 5) is 23.5. The molecule has 1 N–H and O–H groups in total. The monoisotopic (exact) mass is 447 g/mol. The molecule has 0 unspecified atom stereocenters. The number of carbonyl (C=O) groups is 1. The van der Waals surface area contributed by atoms with E-state index in [2.05, 4.69) is 5.32 Å². The first-order valence-corrected chi connectivity index (χ1v) is 9.78. The first kappa shape index (κ1) is 23.0. The number of anilines is 1. The van der Waals surface area contributed by atoms with Gasteiger partial charge in [-0.15, -0.1) is 0 Å². The van der Waals surface area contributed by atoms with E-state index >= 15 is 0 Å². The lowest BCUT2D eigenvalue weighted by atomic mass is 10.1. The zero-order valence-corrected chi connectivity index (χ0v) is 17.4. The quantitative estimate of drug-likeness (QED) is 0.212. The van der Waals surface area contributed by atoms with Crippen LogP contribution in [0.2, 0.25) is 0 Å². The van der Waals surface area contributed by atoms with E-state index in [1.54, 1.807) is 37.3 Å². The zero-order chi connectivity index (χ0) is 23.8. The number of nitrogens with one attached hydrogen (secondary N) is 1. The van der Waals surface area contributed by atoms with Crippen molar-refractivity contribution in [3.05, 3.63) is 93.8 Å². The molecule has 0 bridgehead atoms. The summed E-state index contributed by atoms with van der Waals surface area (Å²) in [5.41, 5.74) is -0.00672. The molecule has 3 aromatic carbocycles. The highest BCUT2D eigenvalue weighted by atomic mass is 19.1. The number of ether oxygens (including phenoxy) is 2. The number of benzene rings is 3. The van der Waals surface area contributed by atoms with E-state index in [9.17, 15) is 24.6 Å². The molecule has 0 saturated heterocycles. The van der Waals surface area contributed by atoms with Gasteiger partial charge in [0.2, 0.25) is 5.75 Å². The lowest BCUT2D eigenvalue weighted by molar-refractivity contribution is -0.385. The Kier molecular flexibility index (Phi) is 7.34. The fourth-order valence-corrected chi connectivity index (χ4v) is 2.84. The Morgan fingerprint density at radius 1 is 1.15 bits per heavy atom. The number of hydrogen-bond acceptors (Lipinski definition) is 6. The second-order valence-electron chi connectivity index (χ2n) is 6.59. The maximum absolute atomic E-state index is 13.1. The van der Waals surface area contributed by atoms with Gasteiger partial charge in [-0.05, 0) is 61.0 Å². The van der Waals surface area contributed by atoms with Crippen molar-refractivity contribution in [1.82, 2.24) is 0 Å². The number of rotatable bonds is 8. The molecule has 8 nitrogen and oxygen atoms in total. The lowest BCUT2D eigenvalue weighted by Gasteiger charge is -2.11. The predicted octanol–water partition coefficient (Wildman–Crippen LogP) is 5.47. The van der Waals surface area contributed by atoms with Crippen LogP contribution in [-0.4, -0.2) is 17.4 Å². The van der Waals surface area contributed by atoms with Crippen LogP contribution in [-0.2, 0) is 4.79 Å². The van der Waals surface area contributed by atoms with E-state index in [0.717, 1.165) is 0 Å². The van der Waals surface area contributed by atoms with Crippen molar-refractivity contribution in [1.29, 1.82) is 5.26 Å². The summed E-state index contributed by atoms with van der Waals surface area (Å²) < 4.78 is 24.0. The number of nitro benzene ring substituents is 1. The van der Waals surface area contributed by atoms with Crippen LogP contribution >= 0.6 is 0 Å². The fourth-order valence-electron chi connectivity index (χ4n) is 2.84. The lowest BCUT2D eigenvalue weighted by Crippen LogP contribution is -2.14. The molecule has 0 atom stereocenters. The maximum atomic E-state index is 13.1. The molecule has 0 saturated carbocycles. The van der Waals surface area contributed by atoms with Crippen molar-refractivity contribution in [2.24, 2.45) is 0 Å². The number of nitriles is 1. The van der Waals surface area contributed by atoms with E-state index in [1.165, 1.54) is 48.5 Å². The maximum Gasteiger partial charge on any atom is 0.312 e. The van der Waals surface area contributed by atoms with Crippen LogP contribution < -0.4 is 14.8 Å². The van der Waals surface area contributed by atoms with Gasteiger partial charge in [-0.2, -0.15) is 5.26 Å². The topological polar surface area (TPSA) is 114 Å². The second-order valence-corrected chi connectivity index (χ2v) is 6.59. The first-order valence-electron chi connectivity index (χ1n) is 9.78. The summed E-state index contributed by atoms with van der Waals surface area (Å²) in [6, 6.07) is 17.6. The molecule has 3 aromatic rings. The van der Waals surface area contributed by atoms with Crippen LogP contribution in [0.4, 0.5) is 15.8 Å². The van der Waals surface area contributed by atoms with Crippen LogP contribution in [0.5, 0.6) is 17.2 Å². The van der Waals surface area contributed by atoms with E-state index < -0.39 is 16.6 Å². The molecule has 0 aromatic heterocycles. The third-order valence-corrected chi connectivity index (χ3v) is 4.33. The van der Waals surface area contributed by atoms with E-state index in [-0.39, 0.29) is 28.3 Å². The highest BCUT2D eigenvalue weighted by Gasteiger charge is 2.18. The number of carbonyl (C=O) groups excluding carboxylic acids is 1. The van der Waals surface area contributed by atoms with Gasteiger partial charge in [-0.1, -0.05) is 18.2 Å². The molecule has 3 rings (SSSR count). The molecule has 1 amide bonds. The van der Waals surface area contributed by atoms with Crippen molar-refractivity contribution < 1.29 is 23.6 Å². The van der Waals surface area contributed by atoms with Crippen molar-refractivity contribution in [2.45, 2.75) is 6.92 Å². The molecule has 0 aliphatic heterocycles. The van der Waals surface area contributed by atoms with Gasteiger partial charge in [-0.3, -0.25) is 14.9 Å². The molecule has 0 spiro atoms. The Bertz CT molecular complexity index is 1250. The number of nitro groups is 1. The number of para-hydroxylation sites is 2. The van der Waals surface area contributed by atoms with Crippen molar-refractivity contribution >= 4 is 23.4 Å². The van der Waals surface area contributed by atoms with Gasteiger partial charge < -0.3 is 14.8 Å². The summed E-state index contributed by atoms with van der Waals surface area (Å²) in [6.45, 7) is 2.19. The molecular formula is C24H18FN3O5. The minimum atomic E-state index is -0.695. The summed E-state index contributed by atoms with van der Waals surface area (Å²) in [5.74, 6) is -0.573. The molecule has 0 radical (unpaired) electrons. The molecule has 0 fully saturated rings. The average Bonchev–Trinajstić information content (AvgIpc) is 2.81. The highest BCUT2D eigenvalue weighted by Crippen LogP contribution is 2.33. The summed E-state index contributed by atoms with van der Waals surface area (Å²) >= 11 is 0. The van der Waals surface area contributed by atoms with E-state index in [4.69, 9.17) is 9.47 Å². The number of halogens is 1. The van der Waals surface area contributed by atoms with Crippen molar-refractivity contribution in [3.8, 4) is 23.3 Å². The third kappa shape index (κ3) is 5.92. The number of nitrogens with zero attached hydrogens (tertiary/aromatic N) is 2. The summed E-state index contributed by atoms with van der Waals surface area (Å²) in [7, 11) is 0. The van der Waals surface area contributed by atoms with Gasteiger partial charge in [0.1, 0.15) is 29.0 Å². The number of hydrogen-bond donors (Lipinski definition) is 1. The van der Waals surface area contributed by atoms with E-state index in [1.807, 2.05) is 0 Å². The fraction of sp³-hybridized carbons (Fsp3) is 0.0833. The van der Waals surface area contributed by atoms with Crippen molar-refractivity contribution in [2.75, 3.05) is 11.9 Å². The largest absolute Gasteiger partial charge is 0.492 e. The number of amides is 1. The molecule has 166 valence electrons. The zero-order valence-electron chi connectivity index (χ0n) is 17.4. The summed E-state index contributed by atoms with van der Waals surface area (Å²) in [5, 5.41) is 23.6. The van der Waals surface area contributed by atoms with Gasteiger partial charge in [0.25, 0.3) is 5.91 Å². The van der Waals surface area contributed by atoms with Crippen LogP contribution in [0.3, 0.4) is 0 Å². The third-order valence-electron chi connectivity index (χ3n) is 4.33. The van der Waals surface area contributed by atoms with Gasteiger partial charge in [0.05, 0.1) is 17.2 Å². The Hall–Kier alpha value is -4.71. The molecule has 0 heterocycles. The van der Waals surface area contributed by atoms with E-state index in [0.29, 0.717) is 18.0 Å². The average molecular weight is 447 g/mol. The molecule has 9 heteroatoms. The Balaban J connectivity index is 1.86. The normalized spacial score (nSPS) is 10.8. The van der Waals surface area contributed by atoms with Gasteiger partial charge in [-0.25, -0.2) is 4.39 Å². The summed E-state index contributed by atoms with van der Waals surface area (Å²) in [6.07, 6.45) is 1.23. The Morgan fingerprint density at radius 2 is 1.88 bits per heavy atom. The van der Waals surface area contributed by atoms with Crippen LogP contribution in [0, 0.1) is 27.3 Å². The van der Waals surface area contributed by atoms with Crippen LogP contribution in [0.15, 0.2) is 72.3 Å². The Morgan fingerprint density at radius 3 is 2.55 bits per heavy atom. The van der Waals surface area contributed by atoms with Gasteiger partial charge >= 0.3 is 5.69 Å². The molecule has 0 aliphatic rings. The molecule has 0 aliphatic carbocycles. The highest BCUT2D eigenvalue weighted by molar-refractivity contribution is 6.10. The SMILES string of the molecule is CCOc1ccccc1NC(=O)C(C#N)=Cc1ccc(Oc2ccc(F)cc2)c([N+](=O)[O-])c1. The predicted molar refractivity (Wildman–Crippen MR) is 119 cm³/mol. The second kappa shape index (κ2) is 10.5. The molecule has 33 heavy (non-hydrogen) atoms. The van der Waals surface area contributed by atoms with Gasteiger partial charge in [0.15, 0.2) is 0 Å². The van der Waals surface area contributed by atoms with Crippen molar-refractivity contribution in [3.63, 3.8) is 0 Å². The minimum Gasteiger partial charge on any atom is -0.492 e.